The van der Waals surface area contributed by atoms with Crippen molar-refractivity contribution in [3.05, 3.63) is 51.4 Å². The Morgan fingerprint density at radius 2 is 1.52 bits per heavy atom. The first-order valence-corrected chi connectivity index (χ1v) is 9.13. The van der Waals surface area contributed by atoms with Gasteiger partial charge in [0.15, 0.2) is 0 Å². The van der Waals surface area contributed by atoms with E-state index in [1.807, 2.05) is 12.1 Å². The van der Waals surface area contributed by atoms with Crippen LogP contribution in [0.5, 0.6) is 0 Å². The van der Waals surface area contributed by atoms with E-state index in [0.29, 0.717) is 11.1 Å². The molecule has 0 saturated carbocycles. The summed E-state index contributed by atoms with van der Waals surface area (Å²) in [4.78, 5) is 36.9. The van der Waals surface area contributed by atoms with Crippen LogP contribution in [0.4, 0.5) is 5.00 Å². The Bertz CT molecular complexity index is 875. The lowest BCUT2D eigenvalue weighted by Gasteiger charge is -2.19. The summed E-state index contributed by atoms with van der Waals surface area (Å²) in [5.74, 6) is -1.58. The normalized spacial score (nSPS) is 11.0. The number of carbonyl (C=O) groups excluding carboxylic acids is 3. The van der Waals surface area contributed by atoms with Crippen LogP contribution >= 0.6 is 11.3 Å². The largest absolute Gasteiger partial charge is 0.465 e. The Labute approximate surface area is 162 Å². The van der Waals surface area contributed by atoms with E-state index >= 15 is 0 Å². The maximum atomic E-state index is 12.6. The fourth-order valence-electron chi connectivity index (χ4n) is 2.53. The van der Waals surface area contributed by atoms with Gasteiger partial charge >= 0.3 is 11.9 Å². The minimum absolute atomic E-state index is 0.0205. The molecule has 1 N–H and O–H groups in total. The molecule has 0 fully saturated rings. The molecule has 1 aromatic heterocycles. The molecule has 1 heterocycles. The van der Waals surface area contributed by atoms with Gasteiger partial charge in [0.2, 0.25) is 0 Å². The highest BCUT2D eigenvalue weighted by atomic mass is 32.1. The monoisotopic (exact) mass is 389 g/mol. The molecule has 27 heavy (non-hydrogen) atoms. The third kappa shape index (κ3) is 4.36. The van der Waals surface area contributed by atoms with Gasteiger partial charge in [-0.05, 0) is 35.6 Å². The van der Waals surface area contributed by atoms with Crippen LogP contribution in [0.3, 0.4) is 0 Å². The number of amides is 1. The van der Waals surface area contributed by atoms with Crippen LogP contribution < -0.4 is 5.32 Å². The number of carbonyl (C=O) groups is 3. The van der Waals surface area contributed by atoms with Crippen LogP contribution in [0.25, 0.3) is 0 Å². The predicted molar refractivity (Wildman–Crippen MR) is 105 cm³/mol. The first kappa shape index (κ1) is 20.6. The number of rotatable bonds is 4. The molecule has 0 aliphatic rings. The standard InChI is InChI=1S/C20H23NO5S/c1-11-14(18(23)25-5)17(27-15(11)19(24)26-6)21-16(22)12-7-9-13(10-8-12)20(2,3)4/h7-10H,1-6H3,(H,21,22). The Kier molecular flexibility index (Phi) is 6.05. The zero-order valence-corrected chi connectivity index (χ0v) is 17.1. The van der Waals surface area contributed by atoms with Crippen molar-refractivity contribution in [2.24, 2.45) is 0 Å². The summed E-state index contributed by atoms with van der Waals surface area (Å²) in [6.07, 6.45) is 0. The van der Waals surface area contributed by atoms with Crippen molar-refractivity contribution in [3.8, 4) is 0 Å². The maximum absolute atomic E-state index is 12.6. The third-order valence-electron chi connectivity index (χ3n) is 4.15. The number of hydrogen-bond donors (Lipinski definition) is 1. The fraction of sp³-hybridized carbons (Fsp3) is 0.350. The predicted octanol–water partition coefficient (Wildman–Crippen LogP) is 4.18. The van der Waals surface area contributed by atoms with Crippen molar-refractivity contribution in [1.29, 1.82) is 0 Å². The van der Waals surface area contributed by atoms with E-state index in [2.05, 4.69) is 26.1 Å². The Morgan fingerprint density at radius 3 is 2.00 bits per heavy atom. The quantitative estimate of drug-likeness (QED) is 0.794. The minimum atomic E-state index is -0.628. The smallest absolute Gasteiger partial charge is 0.348 e. The van der Waals surface area contributed by atoms with E-state index in [-0.39, 0.29) is 26.8 Å². The van der Waals surface area contributed by atoms with Crippen LogP contribution in [0.2, 0.25) is 0 Å². The van der Waals surface area contributed by atoms with Gasteiger partial charge in [0.1, 0.15) is 9.88 Å². The van der Waals surface area contributed by atoms with E-state index in [1.54, 1.807) is 19.1 Å². The molecule has 0 radical (unpaired) electrons. The van der Waals surface area contributed by atoms with Gasteiger partial charge in [-0.1, -0.05) is 32.9 Å². The summed E-state index contributed by atoms with van der Waals surface area (Å²) < 4.78 is 9.53. The van der Waals surface area contributed by atoms with Gasteiger partial charge in [-0.25, -0.2) is 9.59 Å². The van der Waals surface area contributed by atoms with Crippen LogP contribution in [-0.2, 0) is 14.9 Å². The second kappa shape index (κ2) is 7.92. The summed E-state index contributed by atoms with van der Waals surface area (Å²) in [5, 5.41) is 2.97. The number of methoxy groups -OCH3 is 2. The number of thiophene rings is 1. The summed E-state index contributed by atoms with van der Waals surface area (Å²) in [6.45, 7) is 7.89. The molecule has 0 spiro atoms. The highest BCUT2D eigenvalue weighted by Crippen LogP contribution is 2.34. The number of nitrogens with one attached hydrogen (secondary N) is 1. The molecule has 6 nitrogen and oxygen atoms in total. The summed E-state index contributed by atoms with van der Waals surface area (Å²) in [6, 6.07) is 7.26. The number of anilines is 1. The molecule has 2 rings (SSSR count). The molecule has 1 amide bonds. The number of esters is 2. The second-order valence-corrected chi connectivity index (χ2v) is 8.05. The number of hydrogen-bond acceptors (Lipinski definition) is 6. The van der Waals surface area contributed by atoms with Crippen molar-refractivity contribution in [3.63, 3.8) is 0 Å². The molecule has 7 heteroatoms. The second-order valence-electron chi connectivity index (χ2n) is 7.02. The molecule has 0 bridgehead atoms. The highest BCUT2D eigenvalue weighted by Gasteiger charge is 2.27. The molecule has 1 aromatic carbocycles. The third-order valence-corrected chi connectivity index (χ3v) is 5.33. The topological polar surface area (TPSA) is 81.7 Å². The first-order valence-electron chi connectivity index (χ1n) is 8.32. The maximum Gasteiger partial charge on any atom is 0.348 e. The Hall–Kier alpha value is -2.67. The molecular weight excluding hydrogens is 366 g/mol. The van der Waals surface area contributed by atoms with Crippen molar-refractivity contribution >= 4 is 34.2 Å². The summed E-state index contributed by atoms with van der Waals surface area (Å²) in [5.41, 5.74) is 2.10. The van der Waals surface area contributed by atoms with Crippen LogP contribution in [0.15, 0.2) is 24.3 Å². The Balaban J connectivity index is 2.37. The van der Waals surface area contributed by atoms with Gasteiger partial charge < -0.3 is 14.8 Å². The molecule has 0 aliphatic heterocycles. The van der Waals surface area contributed by atoms with E-state index in [9.17, 15) is 14.4 Å². The van der Waals surface area contributed by atoms with Crippen molar-refractivity contribution in [1.82, 2.24) is 0 Å². The molecule has 0 unspecified atom stereocenters. The van der Waals surface area contributed by atoms with Gasteiger partial charge in [0, 0.05) is 5.56 Å². The molecule has 144 valence electrons. The van der Waals surface area contributed by atoms with Crippen molar-refractivity contribution in [2.75, 3.05) is 19.5 Å². The Morgan fingerprint density at radius 1 is 0.963 bits per heavy atom. The SMILES string of the molecule is COC(=O)c1sc(NC(=O)c2ccc(C(C)(C)C)cc2)c(C(=O)OC)c1C. The van der Waals surface area contributed by atoms with E-state index in [1.165, 1.54) is 14.2 Å². The lowest BCUT2D eigenvalue weighted by Crippen LogP contribution is -2.15. The average Bonchev–Trinajstić information content (AvgIpc) is 2.95. The van der Waals surface area contributed by atoms with Gasteiger partial charge in [-0.15, -0.1) is 11.3 Å². The lowest BCUT2D eigenvalue weighted by atomic mass is 9.87. The van der Waals surface area contributed by atoms with Crippen molar-refractivity contribution in [2.45, 2.75) is 33.1 Å². The molecular formula is C20H23NO5S. The van der Waals surface area contributed by atoms with Crippen LogP contribution in [-0.4, -0.2) is 32.1 Å². The average molecular weight is 389 g/mol. The fourth-order valence-corrected chi connectivity index (χ4v) is 3.64. The number of ether oxygens (including phenoxy) is 2. The van der Waals surface area contributed by atoms with Gasteiger partial charge in [-0.2, -0.15) is 0 Å². The lowest BCUT2D eigenvalue weighted by molar-refractivity contribution is 0.0601. The van der Waals surface area contributed by atoms with Crippen molar-refractivity contribution < 1.29 is 23.9 Å². The van der Waals surface area contributed by atoms with Crippen LogP contribution in [0.1, 0.15) is 62.3 Å². The van der Waals surface area contributed by atoms with E-state index in [0.717, 1.165) is 16.9 Å². The summed E-state index contributed by atoms with van der Waals surface area (Å²) in [7, 11) is 2.50. The zero-order chi connectivity index (χ0) is 20.4. The molecule has 0 aliphatic carbocycles. The molecule has 0 atom stereocenters. The zero-order valence-electron chi connectivity index (χ0n) is 16.3. The highest BCUT2D eigenvalue weighted by molar-refractivity contribution is 7.18. The van der Waals surface area contributed by atoms with E-state index < -0.39 is 11.9 Å². The minimum Gasteiger partial charge on any atom is -0.465 e. The summed E-state index contributed by atoms with van der Waals surface area (Å²) >= 11 is 0.986. The van der Waals surface area contributed by atoms with Crippen LogP contribution in [0, 0.1) is 6.92 Å². The van der Waals surface area contributed by atoms with Gasteiger partial charge in [0.25, 0.3) is 5.91 Å². The van der Waals surface area contributed by atoms with Gasteiger partial charge in [0.05, 0.1) is 19.8 Å². The number of benzene rings is 1. The van der Waals surface area contributed by atoms with Gasteiger partial charge in [-0.3, -0.25) is 4.79 Å². The van der Waals surface area contributed by atoms with E-state index in [4.69, 9.17) is 9.47 Å². The first-order chi connectivity index (χ1) is 12.6. The molecule has 2 aromatic rings. The molecule has 0 saturated heterocycles.